The normalized spacial score (nSPS) is 9.92. The molecule has 6 heteroatoms. The maximum atomic E-state index is 10.7. The molecule has 0 saturated heterocycles. The average Bonchev–Trinajstić information content (AvgIpc) is 2.59. The summed E-state index contributed by atoms with van der Waals surface area (Å²) in [6.45, 7) is 6.89. The zero-order valence-corrected chi connectivity index (χ0v) is 15.2. The summed E-state index contributed by atoms with van der Waals surface area (Å²) in [5, 5.41) is 10.9. The van der Waals surface area contributed by atoms with Crippen LogP contribution in [0.5, 0.6) is 0 Å². The third-order valence-corrected chi connectivity index (χ3v) is 3.55. The molecule has 0 bridgehead atoms. The lowest BCUT2D eigenvalue weighted by molar-refractivity contribution is 0.112. The standard InChI is InChI=1S/C17H22N4O.C2H6O/c1-3-4-9-19-16-15(12(2)20-17(18)21-16)10-13-5-7-14(11-22)8-6-13;1-2-3/h5-8,11H,3-4,9-10H2,1-2H3,(H3,18,19,20,21);3H,2H2,1H3. The van der Waals surface area contributed by atoms with Crippen LogP contribution in [0.4, 0.5) is 11.8 Å². The van der Waals surface area contributed by atoms with E-state index in [1.165, 1.54) is 0 Å². The second-order valence-corrected chi connectivity index (χ2v) is 5.63. The summed E-state index contributed by atoms with van der Waals surface area (Å²) in [6.07, 6.45) is 3.75. The fourth-order valence-corrected chi connectivity index (χ4v) is 2.28. The van der Waals surface area contributed by atoms with Crippen molar-refractivity contribution in [1.29, 1.82) is 0 Å². The molecule has 2 rings (SSSR count). The third-order valence-electron chi connectivity index (χ3n) is 3.55. The van der Waals surface area contributed by atoms with Gasteiger partial charge in [-0.1, -0.05) is 37.6 Å². The molecule has 6 nitrogen and oxygen atoms in total. The summed E-state index contributed by atoms with van der Waals surface area (Å²) in [5.74, 6) is 1.09. The number of aromatic nitrogens is 2. The highest BCUT2D eigenvalue weighted by atomic mass is 16.2. The van der Waals surface area contributed by atoms with Crippen molar-refractivity contribution in [1.82, 2.24) is 9.97 Å². The molecular weight excluding hydrogens is 316 g/mol. The maximum absolute atomic E-state index is 10.7. The predicted octanol–water partition coefficient (Wildman–Crippen LogP) is 2.98. The van der Waals surface area contributed by atoms with Crippen molar-refractivity contribution in [3.8, 4) is 0 Å². The van der Waals surface area contributed by atoms with Crippen molar-refractivity contribution < 1.29 is 9.90 Å². The molecule has 4 N–H and O–H groups in total. The van der Waals surface area contributed by atoms with Gasteiger partial charge in [0.05, 0.1) is 0 Å². The monoisotopic (exact) mass is 344 g/mol. The molecule has 0 aliphatic carbocycles. The van der Waals surface area contributed by atoms with E-state index in [1.54, 1.807) is 6.92 Å². The van der Waals surface area contributed by atoms with E-state index < -0.39 is 0 Å². The summed E-state index contributed by atoms with van der Waals surface area (Å²) < 4.78 is 0. The van der Waals surface area contributed by atoms with E-state index in [4.69, 9.17) is 10.8 Å². The first-order chi connectivity index (χ1) is 12.0. The van der Waals surface area contributed by atoms with E-state index in [1.807, 2.05) is 31.2 Å². The van der Waals surface area contributed by atoms with Crippen LogP contribution in [0.3, 0.4) is 0 Å². The Labute approximate surface area is 149 Å². The number of nitrogens with one attached hydrogen (secondary N) is 1. The lowest BCUT2D eigenvalue weighted by atomic mass is 10.0. The number of nitrogen functional groups attached to an aromatic ring is 1. The van der Waals surface area contributed by atoms with Crippen molar-refractivity contribution in [3.63, 3.8) is 0 Å². The number of aryl methyl sites for hydroxylation is 1. The lowest BCUT2D eigenvalue weighted by Gasteiger charge is -2.14. The van der Waals surface area contributed by atoms with Gasteiger partial charge in [0, 0.05) is 36.4 Å². The summed E-state index contributed by atoms with van der Waals surface area (Å²) in [7, 11) is 0. The van der Waals surface area contributed by atoms with E-state index in [2.05, 4.69) is 22.2 Å². The Morgan fingerprint density at radius 1 is 1.20 bits per heavy atom. The number of anilines is 2. The minimum atomic E-state index is 0.250. The van der Waals surface area contributed by atoms with Gasteiger partial charge in [-0.05, 0) is 25.8 Å². The number of carbonyl (C=O) groups excluding carboxylic acids is 1. The molecular formula is C19H28N4O2. The van der Waals surface area contributed by atoms with Gasteiger partial charge in [0.1, 0.15) is 12.1 Å². The number of nitrogens with zero attached hydrogens (tertiary/aromatic N) is 2. The number of hydrogen-bond acceptors (Lipinski definition) is 6. The van der Waals surface area contributed by atoms with E-state index >= 15 is 0 Å². The molecule has 0 atom stereocenters. The number of aliphatic hydroxyl groups is 1. The third kappa shape index (κ3) is 6.89. The Bertz CT molecular complexity index is 657. The van der Waals surface area contributed by atoms with E-state index in [0.29, 0.717) is 12.0 Å². The first kappa shape index (κ1) is 20.6. The number of aliphatic hydroxyl groups excluding tert-OH is 1. The van der Waals surface area contributed by atoms with Gasteiger partial charge in [0.15, 0.2) is 0 Å². The van der Waals surface area contributed by atoms with Gasteiger partial charge in [0.2, 0.25) is 5.95 Å². The molecule has 0 spiro atoms. The van der Waals surface area contributed by atoms with E-state index in [0.717, 1.165) is 48.3 Å². The molecule has 0 amide bonds. The first-order valence-corrected chi connectivity index (χ1v) is 8.57. The fourth-order valence-electron chi connectivity index (χ4n) is 2.28. The molecule has 0 fully saturated rings. The second kappa shape index (κ2) is 11.1. The largest absolute Gasteiger partial charge is 0.397 e. The SMILES string of the molecule is CCCCNc1nc(N)nc(C)c1Cc1ccc(C=O)cc1.CCO. The minimum absolute atomic E-state index is 0.250. The Morgan fingerprint density at radius 2 is 1.84 bits per heavy atom. The van der Waals surface area contributed by atoms with Crippen molar-refractivity contribution in [2.45, 2.75) is 40.0 Å². The van der Waals surface area contributed by atoms with Gasteiger partial charge in [-0.2, -0.15) is 4.98 Å². The zero-order chi connectivity index (χ0) is 18.7. The fraction of sp³-hybridized carbons (Fsp3) is 0.421. The number of aldehydes is 1. The summed E-state index contributed by atoms with van der Waals surface area (Å²) in [6, 6.07) is 7.55. The molecule has 1 aromatic carbocycles. The summed E-state index contributed by atoms with van der Waals surface area (Å²) in [4.78, 5) is 19.3. The Hall–Kier alpha value is -2.47. The molecule has 0 saturated carbocycles. The van der Waals surface area contributed by atoms with Crippen LogP contribution in [-0.2, 0) is 6.42 Å². The molecule has 2 aromatic rings. The van der Waals surface area contributed by atoms with Crippen LogP contribution in [0.25, 0.3) is 0 Å². The van der Waals surface area contributed by atoms with Crippen LogP contribution in [0.15, 0.2) is 24.3 Å². The highest BCUT2D eigenvalue weighted by molar-refractivity contribution is 5.74. The van der Waals surface area contributed by atoms with Gasteiger partial charge in [-0.3, -0.25) is 4.79 Å². The van der Waals surface area contributed by atoms with Crippen molar-refractivity contribution >= 4 is 18.1 Å². The molecule has 0 aliphatic heterocycles. The van der Waals surface area contributed by atoms with Gasteiger partial charge < -0.3 is 16.2 Å². The van der Waals surface area contributed by atoms with Gasteiger partial charge >= 0.3 is 0 Å². The zero-order valence-electron chi connectivity index (χ0n) is 15.2. The van der Waals surface area contributed by atoms with Crippen LogP contribution >= 0.6 is 0 Å². The van der Waals surface area contributed by atoms with Crippen LogP contribution < -0.4 is 11.1 Å². The Morgan fingerprint density at radius 3 is 2.40 bits per heavy atom. The van der Waals surface area contributed by atoms with Gasteiger partial charge in [-0.25, -0.2) is 4.98 Å². The van der Waals surface area contributed by atoms with Crippen LogP contribution in [0, 0.1) is 6.92 Å². The van der Waals surface area contributed by atoms with E-state index in [-0.39, 0.29) is 12.6 Å². The molecule has 0 radical (unpaired) electrons. The van der Waals surface area contributed by atoms with Crippen molar-refractivity contribution in [2.24, 2.45) is 0 Å². The van der Waals surface area contributed by atoms with Crippen LogP contribution in [0.1, 0.15) is 53.9 Å². The number of benzene rings is 1. The van der Waals surface area contributed by atoms with Gasteiger partial charge in [0.25, 0.3) is 0 Å². The topological polar surface area (TPSA) is 101 Å². The molecule has 1 heterocycles. The molecule has 1 aromatic heterocycles. The van der Waals surface area contributed by atoms with Crippen molar-refractivity contribution in [2.75, 3.05) is 24.2 Å². The first-order valence-electron chi connectivity index (χ1n) is 8.57. The number of carbonyl (C=O) groups is 1. The molecule has 0 unspecified atom stereocenters. The Balaban J connectivity index is 0.000000970. The number of nitrogens with two attached hydrogens (primary N) is 1. The average molecular weight is 344 g/mol. The van der Waals surface area contributed by atoms with Crippen molar-refractivity contribution in [3.05, 3.63) is 46.6 Å². The van der Waals surface area contributed by atoms with Crippen LogP contribution in [-0.4, -0.2) is 34.5 Å². The van der Waals surface area contributed by atoms with E-state index in [9.17, 15) is 4.79 Å². The smallest absolute Gasteiger partial charge is 0.222 e. The lowest BCUT2D eigenvalue weighted by Crippen LogP contribution is -2.11. The van der Waals surface area contributed by atoms with Gasteiger partial charge in [-0.15, -0.1) is 0 Å². The second-order valence-electron chi connectivity index (χ2n) is 5.63. The number of unbranched alkanes of at least 4 members (excludes halogenated alkanes) is 1. The molecule has 25 heavy (non-hydrogen) atoms. The number of hydrogen-bond donors (Lipinski definition) is 3. The van der Waals surface area contributed by atoms with Crippen LogP contribution in [0.2, 0.25) is 0 Å². The maximum Gasteiger partial charge on any atom is 0.222 e. The minimum Gasteiger partial charge on any atom is -0.397 e. The molecule has 0 aliphatic rings. The Kier molecular flexibility index (Phi) is 9.17. The number of rotatable bonds is 7. The predicted molar refractivity (Wildman–Crippen MR) is 102 cm³/mol. The summed E-state index contributed by atoms with van der Waals surface area (Å²) in [5.41, 5.74) is 9.48. The molecule has 136 valence electrons. The highest BCUT2D eigenvalue weighted by Crippen LogP contribution is 2.21. The quantitative estimate of drug-likeness (QED) is 0.527. The highest BCUT2D eigenvalue weighted by Gasteiger charge is 2.11. The summed E-state index contributed by atoms with van der Waals surface area (Å²) >= 11 is 0.